The molecular formula is C23H22N2O4. The molecular weight excluding hydrogens is 368 g/mol. The fraction of sp³-hybridized carbons (Fsp3) is 0.130. The first-order valence-electron chi connectivity index (χ1n) is 9.03. The highest BCUT2D eigenvalue weighted by Gasteiger charge is 2.20. The van der Waals surface area contributed by atoms with Crippen LogP contribution < -0.4 is 20.1 Å². The van der Waals surface area contributed by atoms with E-state index in [0.717, 1.165) is 5.56 Å². The number of methoxy groups -OCH3 is 2. The molecule has 0 aliphatic carbocycles. The average molecular weight is 390 g/mol. The van der Waals surface area contributed by atoms with Gasteiger partial charge >= 0.3 is 0 Å². The molecule has 0 saturated carbocycles. The maximum Gasteiger partial charge on any atom is 0.263 e. The minimum absolute atomic E-state index is 0.256. The molecule has 0 unspecified atom stereocenters. The number of hydrogen-bond donors (Lipinski definition) is 2. The van der Waals surface area contributed by atoms with E-state index in [4.69, 9.17) is 9.47 Å². The van der Waals surface area contributed by atoms with E-state index in [-0.39, 0.29) is 11.5 Å². The number of nitrogens with one attached hydrogen (secondary N) is 2. The number of benzene rings is 3. The molecule has 3 aromatic carbocycles. The Labute approximate surface area is 169 Å². The fourth-order valence-electron chi connectivity index (χ4n) is 2.95. The maximum absolute atomic E-state index is 13.0. The van der Waals surface area contributed by atoms with Crippen molar-refractivity contribution in [3.8, 4) is 11.5 Å². The topological polar surface area (TPSA) is 76.7 Å². The van der Waals surface area contributed by atoms with Gasteiger partial charge in [-0.25, -0.2) is 0 Å². The summed E-state index contributed by atoms with van der Waals surface area (Å²) in [6.07, 6.45) is 0. The molecule has 29 heavy (non-hydrogen) atoms. The van der Waals surface area contributed by atoms with Gasteiger partial charge in [0.05, 0.1) is 25.5 Å². The summed E-state index contributed by atoms with van der Waals surface area (Å²) in [5.74, 6) is 0.00465. The SMILES string of the molecule is COc1cccc(OC)c1C(=O)Nc1ccccc1C(=O)Nc1ccccc1C. The lowest BCUT2D eigenvalue weighted by molar-refractivity contribution is 0.102. The highest BCUT2D eigenvalue weighted by Crippen LogP contribution is 2.29. The Morgan fingerprint density at radius 1 is 0.690 bits per heavy atom. The van der Waals surface area contributed by atoms with Crippen LogP contribution in [0.25, 0.3) is 0 Å². The number of aryl methyl sites for hydroxylation is 1. The summed E-state index contributed by atoms with van der Waals surface area (Å²) >= 11 is 0. The van der Waals surface area contributed by atoms with Gasteiger partial charge in [-0.05, 0) is 42.8 Å². The summed E-state index contributed by atoms with van der Waals surface area (Å²) in [7, 11) is 2.96. The molecule has 0 aliphatic heterocycles. The van der Waals surface area contributed by atoms with Crippen molar-refractivity contribution in [2.45, 2.75) is 6.92 Å². The molecule has 0 heterocycles. The summed E-state index contributed by atoms with van der Waals surface area (Å²) in [5.41, 5.74) is 2.65. The number of anilines is 2. The van der Waals surface area contributed by atoms with Crippen LogP contribution in [-0.4, -0.2) is 26.0 Å². The van der Waals surface area contributed by atoms with Gasteiger partial charge in [-0.15, -0.1) is 0 Å². The second-order valence-electron chi connectivity index (χ2n) is 6.31. The molecule has 0 spiro atoms. The van der Waals surface area contributed by atoms with Crippen LogP contribution in [0.4, 0.5) is 11.4 Å². The van der Waals surface area contributed by atoms with E-state index in [1.54, 1.807) is 42.5 Å². The van der Waals surface area contributed by atoms with Crippen molar-refractivity contribution in [2.24, 2.45) is 0 Å². The van der Waals surface area contributed by atoms with E-state index in [1.807, 2.05) is 31.2 Å². The van der Waals surface area contributed by atoms with Crippen molar-refractivity contribution < 1.29 is 19.1 Å². The van der Waals surface area contributed by atoms with Gasteiger partial charge < -0.3 is 20.1 Å². The lowest BCUT2D eigenvalue weighted by Gasteiger charge is -2.15. The molecule has 0 saturated heterocycles. The second kappa shape index (κ2) is 8.93. The fourth-order valence-corrected chi connectivity index (χ4v) is 2.95. The number of hydrogen-bond acceptors (Lipinski definition) is 4. The molecule has 3 aromatic rings. The van der Waals surface area contributed by atoms with Crippen LogP contribution >= 0.6 is 0 Å². The Hall–Kier alpha value is -3.80. The summed E-state index contributed by atoms with van der Waals surface area (Å²) < 4.78 is 10.6. The van der Waals surface area contributed by atoms with Crippen LogP contribution in [0, 0.1) is 6.92 Å². The van der Waals surface area contributed by atoms with E-state index in [2.05, 4.69) is 10.6 Å². The van der Waals surface area contributed by atoms with Crippen molar-refractivity contribution in [1.82, 2.24) is 0 Å². The molecule has 2 N–H and O–H groups in total. The van der Waals surface area contributed by atoms with E-state index >= 15 is 0 Å². The predicted octanol–water partition coefficient (Wildman–Crippen LogP) is 4.52. The predicted molar refractivity (Wildman–Crippen MR) is 113 cm³/mol. The molecule has 6 heteroatoms. The van der Waals surface area contributed by atoms with E-state index in [0.29, 0.717) is 28.4 Å². The van der Waals surface area contributed by atoms with Gasteiger partial charge in [-0.1, -0.05) is 36.4 Å². The minimum atomic E-state index is -0.435. The Morgan fingerprint density at radius 2 is 1.24 bits per heavy atom. The molecule has 3 rings (SSSR count). The van der Waals surface area contributed by atoms with E-state index in [1.165, 1.54) is 14.2 Å². The molecule has 0 aromatic heterocycles. The van der Waals surface area contributed by atoms with E-state index < -0.39 is 5.91 Å². The van der Waals surface area contributed by atoms with Gasteiger partial charge in [0.15, 0.2) is 0 Å². The average Bonchev–Trinajstić information content (AvgIpc) is 2.74. The number of carbonyl (C=O) groups is 2. The lowest BCUT2D eigenvalue weighted by atomic mass is 10.1. The molecule has 2 amide bonds. The Balaban J connectivity index is 1.89. The van der Waals surface area contributed by atoms with Crippen LogP contribution in [0.3, 0.4) is 0 Å². The van der Waals surface area contributed by atoms with Gasteiger partial charge in [0, 0.05) is 5.69 Å². The zero-order valence-corrected chi connectivity index (χ0v) is 16.5. The molecule has 0 radical (unpaired) electrons. The number of ether oxygens (including phenoxy) is 2. The summed E-state index contributed by atoms with van der Waals surface area (Å²) in [4.78, 5) is 25.8. The Morgan fingerprint density at radius 3 is 1.86 bits per heavy atom. The van der Waals surface area contributed by atoms with Gasteiger partial charge in [0.2, 0.25) is 0 Å². The molecule has 6 nitrogen and oxygen atoms in total. The monoisotopic (exact) mass is 390 g/mol. The van der Waals surface area contributed by atoms with Crippen molar-refractivity contribution in [3.05, 3.63) is 83.4 Å². The Kier molecular flexibility index (Phi) is 6.14. The van der Waals surface area contributed by atoms with Crippen molar-refractivity contribution in [2.75, 3.05) is 24.9 Å². The number of rotatable bonds is 6. The minimum Gasteiger partial charge on any atom is -0.496 e. The van der Waals surface area contributed by atoms with Crippen molar-refractivity contribution in [1.29, 1.82) is 0 Å². The van der Waals surface area contributed by atoms with Crippen LogP contribution in [0.2, 0.25) is 0 Å². The summed E-state index contributed by atoms with van der Waals surface area (Å²) in [5, 5.41) is 5.68. The zero-order valence-electron chi connectivity index (χ0n) is 16.5. The first-order chi connectivity index (χ1) is 14.0. The van der Waals surface area contributed by atoms with Crippen molar-refractivity contribution in [3.63, 3.8) is 0 Å². The number of amides is 2. The highest BCUT2D eigenvalue weighted by atomic mass is 16.5. The molecule has 148 valence electrons. The summed E-state index contributed by atoms with van der Waals surface area (Å²) in [6.45, 7) is 1.91. The van der Waals surface area contributed by atoms with E-state index in [9.17, 15) is 9.59 Å². The number of para-hydroxylation sites is 2. The molecule has 0 aliphatic rings. The lowest BCUT2D eigenvalue weighted by Crippen LogP contribution is -2.19. The van der Waals surface area contributed by atoms with Crippen LogP contribution in [-0.2, 0) is 0 Å². The van der Waals surface area contributed by atoms with Gasteiger partial charge in [-0.2, -0.15) is 0 Å². The zero-order chi connectivity index (χ0) is 20.8. The standard InChI is InChI=1S/C23H22N2O4/c1-15-9-4-6-11-17(15)24-22(26)16-10-5-7-12-18(16)25-23(27)21-19(28-2)13-8-14-20(21)29-3/h4-14H,1-3H3,(H,24,26)(H,25,27). The first kappa shape index (κ1) is 19.9. The third-order valence-corrected chi connectivity index (χ3v) is 4.47. The van der Waals surface area contributed by atoms with Crippen LogP contribution in [0.1, 0.15) is 26.3 Å². The first-order valence-corrected chi connectivity index (χ1v) is 9.03. The maximum atomic E-state index is 13.0. The molecule has 0 fully saturated rings. The van der Waals surface area contributed by atoms with Gasteiger partial charge in [0.25, 0.3) is 11.8 Å². The highest BCUT2D eigenvalue weighted by molar-refractivity contribution is 6.14. The molecule has 0 atom stereocenters. The third kappa shape index (κ3) is 4.38. The summed E-state index contributed by atoms with van der Waals surface area (Å²) in [6, 6.07) is 19.4. The Bertz CT molecular complexity index is 1020. The smallest absolute Gasteiger partial charge is 0.263 e. The largest absolute Gasteiger partial charge is 0.496 e. The normalized spacial score (nSPS) is 10.2. The van der Waals surface area contributed by atoms with Gasteiger partial charge in [0.1, 0.15) is 17.1 Å². The van der Waals surface area contributed by atoms with Crippen molar-refractivity contribution >= 4 is 23.2 Å². The third-order valence-electron chi connectivity index (χ3n) is 4.47. The second-order valence-corrected chi connectivity index (χ2v) is 6.31. The quantitative estimate of drug-likeness (QED) is 0.649. The number of carbonyl (C=O) groups excluding carboxylic acids is 2. The van der Waals surface area contributed by atoms with Crippen LogP contribution in [0.15, 0.2) is 66.7 Å². The van der Waals surface area contributed by atoms with Crippen LogP contribution in [0.5, 0.6) is 11.5 Å². The molecule has 0 bridgehead atoms. The van der Waals surface area contributed by atoms with Gasteiger partial charge in [-0.3, -0.25) is 9.59 Å².